The Morgan fingerprint density at radius 2 is 2.25 bits per heavy atom. The number of hydrogen-bond donors (Lipinski definition) is 0. The first kappa shape index (κ1) is 7.59. The third-order valence-electron chi connectivity index (χ3n) is 2.06. The molecule has 1 atom stereocenters. The second-order valence-corrected chi connectivity index (χ2v) is 3.06. The first-order chi connectivity index (χ1) is 5.74. The maximum atomic E-state index is 13.0. The highest BCUT2D eigenvalue weighted by Crippen LogP contribution is 2.50. The molecule has 2 heteroatoms. The Morgan fingerprint density at radius 3 is 2.92 bits per heavy atom. The Hall–Kier alpha value is -1.05. The van der Waals surface area contributed by atoms with Gasteiger partial charge in [-0.05, 0) is 25.5 Å². The quantitative estimate of drug-likeness (QED) is 0.656. The van der Waals surface area contributed by atoms with E-state index >= 15 is 0 Å². The number of benzene rings is 1. The van der Waals surface area contributed by atoms with Crippen molar-refractivity contribution in [1.82, 2.24) is 0 Å². The highest BCUT2D eigenvalue weighted by Gasteiger charge is 2.36. The molecule has 0 spiro atoms. The predicted molar refractivity (Wildman–Crippen MR) is 45.3 cm³/mol. The van der Waals surface area contributed by atoms with E-state index in [1.165, 1.54) is 0 Å². The van der Waals surface area contributed by atoms with Gasteiger partial charge >= 0.3 is 0 Å². The molecule has 0 N–H and O–H groups in total. The summed E-state index contributed by atoms with van der Waals surface area (Å²) in [7, 11) is 0. The summed E-state index contributed by atoms with van der Waals surface area (Å²) in [6.45, 7) is 4.46. The number of hydrogen-bond acceptors (Lipinski definition) is 1. The minimum atomic E-state index is -0.861. The Morgan fingerprint density at radius 1 is 1.50 bits per heavy atom. The Labute approximate surface area is 71.2 Å². The summed E-state index contributed by atoms with van der Waals surface area (Å²) in [6, 6.07) is 3.77. The lowest BCUT2D eigenvalue weighted by atomic mass is 10.2. The standard InChI is InChI=1S/C10H11FO/c1-3-12-8-5-6(2)4-7-9(8)10(7)11/h4-5,10H,3H2,1-2H3/t10-/m1/s1. The molecule has 1 nitrogen and oxygen atoms in total. The third-order valence-corrected chi connectivity index (χ3v) is 2.06. The molecule has 1 aromatic carbocycles. The fourth-order valence-electron chi connectivity index (χ4n) is 1.47. The van der Waals surface area contributed by atoms with Crippen molar-refractivity contribution in [2.45, 2.75) is 20.0 Å². The molecule has 0 radical (unpaired) electrons. The molecule has 0 unspecified atom stereocenters. The molecule has 0 fully saturated rings. The topological polar surface area (TPSA) is 9.23 Å². The van der Waals surface area contributed by atoms with Gasteiger partial charge in [0.2, 0.25) is 0 Å². The van der Waals surface area contributed by atoms with Gasteiger partial charge in [-0.2, -0.15) is 0 Å². The summed E-state index contributed by atoms with van der Waals surface area (Å²) in [4.78, 5) is 0. The molecule has 0 bridgehead atoms. The summed E-state index contributed by atoms with van der Waals surface area (Å²) in [5, 5.41) is 0. The van der Waals surface area contributed by atoms with Gasteiger partial charge in [-0.25, -0.2) is 4.39 Å². The Bertz CT molecular complexity index is 320. The number of aryl methyl sites for hydroxylation is 1. The van der Waals surface area contributed by atoms with Crippen LogP contribution in [0.4, 0.5) is 4.39 Å². The van der Waals surface area contributed by atoms with E-state index in [-0.39, 0.29) is 0 Å². The van der Waals surface area contributed by atoms with Gasteiger partial charge in [0.25, 0.3) is 0 Å². The van der Waals surface area contributed by atoms with E-state index in [2.05, 4.69) is 0 Å². The summed E-state index contributed by atoms with van der Waals surface area (Å²) in [6.07, 6.45) is -0.861. The molecule has 2 rings (SSSR count). The molecule has 64 valence electrons. The van der Waals surface area contributed by atoms with Crippen molar-refractivity contribution >= 4 is 0 Å². The number of ether oxygens (including phenoxy) is 1. The molecule has 0 saturated heterocycles. The Balaban J connectivity index is 2.38. The van der Waals surface area contributed by atoms with Crippen LogP contribution in [0.5, 0.6) is 5.75 Å². The van der Waals surface area contributed by atoms with Crippen LogP contribution in [-0.2, 0) is 0 Å². The van der Waals surface area contributed by atoms with Gasteiger partial charge in [0, 0.05) is 11.1 Å². The lowest BCUT2D eigenvalue weighted by molar-refractivity contribution is 0.334. The summed E-state index contributed by atoms with van der Waals surface area (Å²) in [5.74, 6) is 0.722. The van der Waals surface area contributed by atoms with Crippen molar-refractivity contribution in [1.29, 1.82) is 0 Å². The summed E-state index contributed by atoms with van der Waals surface area (Å²) >= 11 is 0. The van der Waals surface area contributed by atoms with Crippen molar-refractivity contribution in [3.8, 4) is 5.75 Å². The molecule has 0 heterocycles. The van der Waals surface area contributed by atoms with E-state index in [4.69, 9.17) is 4.74 Å². The van der Waals surface area contributed by atoms with Crippen LogP contribution < -0.4 is 4.74 Å². The highest BCUT2D eigenvalue weighted by atomic mass is 19.1. The van der Waals surface area contributed by atoms with E-state index in [0.717, 1.165) is 22.4 Å². The fourth-order valence-corrected chi connectivity index (χ4v) is 1.47. The molecule has 0 aliphatic heterocycles. The van der Waals surface area contributed by atoms with E-state index in [1.807, 2.05) is 26.0 Å². The second-order valence-electron chi connectivity index (χ2n) is 3.06. The van der Waals surface area contributed by atoms with Crippen LogP contribution in [-0.4, -0.2) is 6.61 Å². The zero-order chi connectivity index (χ0) is 8.72. The average molecular weight is 166 g/mol. The highest BCUT2D eigenvalue weighted by molar-refractivity contribution is 5.60. The van der Waals surface area contributed by atoms with Crippen LogP contribution in [0, 0.1) is 6.92 Å². The monoisotopic (exact) mass is 166 g/mol. The number of halogens is 1. The molecule has 1 aromatic rings. The zero-order valence-electron chi connectivity index (χ0n) is 7.23. The van der Waals surface area contributed by atoms with Crippen molar-refractivity contribution < 1.29 is 9.13 Å². The first-order valence-electron chi connectivity index (χ1n) is 4.15. The van der Waals surface area contributed by atoms with Crippen molar-refractivity contribution in [3.05, 3.63) is 28.8 Å². The number of alkyl halides is 1. The van der Waals surface area contributed by atoms with Crippen LogP contribution in [0.25, 0.3) is 0 Å². The van der Waals surface area contributed by atoms with E-state index in [9.17, 15) is 4.39 Å². The predicted octanol–water partition coefficient (Wildman–Crippen LogP) is 2.77. The summed E-state index contributed by atoms with van der Waals surface area (Å²) < 4.78 is 18.3. The van der Waals surface area contributed by atoms with E-state index in [1.54, 1.807) is 0 Å². The van der Waals surface area contributed by atoms with Crippen molar-refractivity contribution in [3.63, 3.8) is 0 Å². The Kier molecular flexibility index (Phi) is 1.56. The fraction of sp³-hybridized carbons (Fsp3) is 0.400. The lowest BCUT2D eigenvalue weighted by Gasteiger charge is -2.01. The van der Waals surface area contributed by atoms with Gasteiger partial charge in [0.15, 0.2) is 6.17 Å². The lowest BCUT2D eigenvalue weighted by Crippen LogP contribution is -1.91. The van der Waals surface area contributed by atoms with Gasteiger partial charge in [0.05, 0.1) is 6.61 Å². The van der Waals surface area contributed by atoms with Gasteiger partial charge in [-0.1, -0.05) is 6.07 Å². The summed E-state index contributed by atoms with van der Waals surface area (Å²) in [5.41, 5.74) is 2.62. The molecule has 1 aliphatic carbocycles. The zero-order valence-corrected chi connectivity index (χ0v) is 7.23. The third kappa shape index (κ3) is 0.986. The van der Waals surface area contributed by atoms with Gasteiger partial charge in [0.1, 0.15) is 5.75 Å². The number of fused-ring (bicyclic) bond motifs is 1. The molecule has 0 amide bonds. The van der Waals surface area contributed by atoms with Crippen molar-refractivity contribution in [2.75, 3.05) is 6.61 Å². The van der Waals surface area contributed by atoms with Gasteiger partial charge in [-0.15, -0.1) is 0 Å². The second kappa shape index (κ2) is 2.47. The smallest absolute Gasteiger partial charge is 0.155 e. The van der Waals surface area contributed by atoms with E-state index < -0.39 is 6.17 Å². The van der Waals surface area contributed by atoms with E-state index in [0.29, 0.717) is 6.61 Å². The first-order valence-corrected chi connectivity index (χ1v) is 4.15. The molecular formula is C10H11FO. The molecule has 0 saturated carbocycles. The maximum Gasteiger partial charge on any atom is 0.155 e. The van der Waals surface area contributed by atoms with Gasteiger partial charge < -0.3 is 4.74 Å². The van der Waals surface area contributed by atoms with Crippen LogP contribution in [0.1, 0.15) is 29.8 Å². The largest absolute Gasteiger partial charge is 0.493 e. The molecule has 1 aliphatic rings. The SMILES string of the molecule is CCOc1cc(C)cc2c1[C@@H]2F. The van der Waals surface area contributed by atoms with Crippen LogP contribution in [0.3, 0.4) is 0 Å². The van der Waals surface area contributed by atoms with Crippen molar-refractivity contribution in [2.24, 2.45) is 0 Å². The minimum Gasteiger partial charge on any atom is -0.493 e. The van der Waals surface area contributed by atoms with Crippen LogP contribution in [0.2, 0.25) is 0 Å². The normalized spacial score (nSPS) is 18.8. The maximum absolute atomic E-state index is 13.0. The average Bonchev–Trinajstić information content (AvgIpc) is 2.62. The molecule has 12 heavy (non-hydrogen) atoms. The molecule has 0 aromatic heterocycles. The minimum absolute atomic E-state index is 0.600. The van der Waals surface area contributed by atoms with Crippen LogP contribution >= 0.6 is 0 Å². The molecular weight excluding hydrogens is 155 g/mol. The van der Waals surface area contributed by atoms with Crippen LogP contribution in [0.15, 0.2) is 12.1 Å². The van der Waals surface area contributed by atoms with Gasteiger partial charge in [-0.3, -0.25) is 0 Å². The number of rotatable bonds is 2.